The SMILES string of the molecule is CC1(N)CCCCC1C(=O)NCc1ccc(Oc2ccccc2)nc1. The third-order valence-electron chi connectivity index (χ3n) is 4.80. The van der Waals surface area contributed by atoms with Gasteiger partial charge in [0.2, 0.25) is 11.8 Å². The van der Waals surface area contributed by atoms with Gasteiger partial charge in [-0.1, -0.05) is 37.1 Å². The Bertz CT molecular complexity index is 699. The van der Waals surface area contributed by atoms with Crippen LogP contribution in [0.1, 0.15) is 38.2 Å². The molecule has 5 nitrogen and oxygen atoms in total. The Balaban J connectivity index is 1.54. The highest BCUT2D eigenvalue weighted by Crippen LogP contribution is 2.31. The van der Waals surface area contributed by atoms with Gasteiger partial charge in [0, 0.05) is 24.3 Å². The fraction of sp³-hybridized carbons (Fsp3) is 0.400. The molecule has 132 valence electrons. The van der Waals surface area contributed by atoms with Crippen molar-refractivity contribution in [2.45, 2.75) is 44.7 Å². The van der Waals surface area contributed by atoms with E-state index in [-0.39, 0.29) is 11.8 Å². The molecule has 3 N–H and O–H groups in total. The van der Waals surface area contributed by atoms with Crippen LogP contribution >= 0.6 is 0 Å². The minimum Gasteiger partial charge on any atom is -0.439 e. The van der Waals surface area contributed by atoms with Crippen LogP contribution in [0.4, 0.5) is 0 Å². The first-order chi connectivity index (χ1) is 12.0. The first kappa shape index (κ1) is 17.4. The van der Waals surface area contributed by atoms with E-state index in [4.69, 9.17) is 10.5 Å². The second-order valence-electron chi connectivity index (χ2n) is 6.94. The summed E-state index contributed by atoms with van der Waals surface area (Å²) in [5.41, 5.74) is 6.82. The van der Waals surface area contributed by atoms with Gasteiger partial charge in [-0.2, -0.15) is 0 Å². The molecule has 25 heavy (non-hydrogen) atoms. The summed E-state index contributed by atoms with van der Waals surface area (Å²) in [5.74, 6) is 1.20. The summed E-state index contributed by atoms with van der Waals surface area (Å²) >= 11 is 0. The third kappa shape index (κ3) is 4.57. The normalized spacial score (nSPS) is 23.0. The maximum Gasteiger partial charge on any atom is 0.225 e. The van der Waals surface area contributed by atoms with Crippen LogP contribution in [-0.2, 0) is 11.3 Å². The zero-order chi connectivity index (χ0) is 17.7. The molecule has 5 heteroatoms. The van der Waals surface area contributed by atoms with Crippen molar-refractivity contribution in [1.82, 2.24) is 10.3 Å². The lowest BCUT2D eigenvalue weighted by Gasteiger charge is -2.37. The molecule has 1 aliphatic carbocycles. The monoisotopic (exact) mass is 339 g/mol. The van der Waals surface area contributed by atoms with Crippen LogP contribution in [0.3, 0.4) is 0 Å². The fourth-order valence-electron chi connectivity index (χ4n) is 3.29. The molecule has 2 unspecified atom stereocenters. The van der Waals surface area contributed by atoms with Crippen molar-refractivity contribution >= 4 is 5.91 Å². The zero-order valence-electron chi connectivity index (χ0n) is 14.6. The molecule has 1 saturated carbocycles. The molecular weight excluding hydrogens is 314 g/mol. The number of amides is 1. The number of nitrogens with one attached hydrogen (secondary N) is 1. The number of benzene rings is 1. The zero-order valence-corrected chi connectivity index (χ0v) is 14.6. The van der Waals surface area contributed by atoms with Crippen molar-refractivity contribution in [3.63, 3.8) is 0 Å². The van der Waals surface area contributed by atoms with E-state index >= 15 is 0 Å². The maximum absolute atomic E-state index is 12.5. The van der Waals surface area contributed by atoms with Gasteiger partial charge in [-0.3, -0.25) is 4.79 Å². The standard InChI is InChI=1S/C20H25N3O2/c1-20(21)12-6-5-9-17(20)19(24)23-14-15-10-11-18(22-13-15)25-16-7-3-2-4-8-16/h2-4,7-8,10-11,13,17H,5-6,9,12,14,21H2,1H3,(H,23,24). The summed E-state index contributed by atoms with van der Waals surface area (Å²) in [6, 6.07) is 13.2. The number of nitrogens with two attached hydrogens (primary N) is 1. The Kier molecular flexibility index (Phi) is 5.34. The first-order valence-corrected chi connectivity index (χ1v) is 8.79. The molecule has 0 bridgehead atoms. The van der Waals surface area contributed by atoms with Crippen LogP contribution in [0.2, 0.25) is 0 Å². The lowest BCUT2D eigenvalue weighted by Crippen LogP contribution is -2.52. The summed E-state index contributed by atoms with van der Waals surface area (Å²) in [4.78, 5) is 16.8. The van der Waals surface area contributed by atoms with Crippen LogP contribution in [0.15, 0.2) is 48.7 Å². The molecule has 0 radical (unpaired) electrons. The molecule has 1 aromatic heterocycles. The van der Waals surface area contributed by atoms with Crippen molar-refractivity contribution in [3.05, 3.63) is 54.2 Å². The van der Waals surface area contributed by atoms with Gasteiger partial charge in [-0.25, -0.2) is 4.98 Å². The topological polar surface area (TPSA) is 77.2 Å². The van der Waals surface area contributed by atoms with Crippen molar-refractivity contribution < 1.29 is 9.53 Å². The van der Waals surface area contributed by atoms with Crippen LogP contribution in [0.25, 0.3) is 0 Å². The summed E-state index contributed by atoms with van der Waals surface area (Å²) in [5, 5.41) is 2.99. The van der Waals surface area contributed by atoms with Gasteiger partial charge in [0.05, 0.1) is 5.92 Å². The molecule has 2 atom stereocenters. The van der Waals surface area contributed by atoms with E-state index in [0.717, 1.165) is 37.0 Å². The molecule has 3 rings (SSSR count). The molecule has 1 amide bonds. The number of carbonyl (C=O) groups excluding carboxylic acids is 1. The summed E-state index contributed by atoms with van der Waals surface area (Å²) < 4.78 is 5.67. The molecular formula is C20H25N3O2. The van der Waals surface area contributed by atoms with Crippen LogP contribution in [0.5, 0.6) is 11.6 Å². The second-order valence-corrected chi connectivity index (χ2v) is 6.94. The number of hydrogen-bond acceptors (Lipinski definition) is 4. The number of nitrogens with zero attached hydrogens (tertiary/aromatic N) is 1. The molecule has 0 spiro atoms. The molecule has 0 aliphatic heterocycles. The van der Waals surface area contributed by atoms with Gasteiger partial charge in [-0.05, 0) is 37.5 Å². The number of rotatable bonds is 5. The van der Waals surface area contributed by atoms with Gasteiger partial charge in [0.1, 0.15) is 5.75 Å². The van der Waals surface area contributed by atoms with Gasteiger partial charge in [0.25, 0.3) is 0 Å². The van der Waals surface area contributed by atoms with E-state index in [1.165, 1.54) is 0 Å². The van der Waals surface area contributed by atoms with Crippen LogP contribution in [-0.4, -0.2) is 16.4 Å². The van der Waals surface area contributed by atoms with Gasteiger partial charge < -0.3 is 15.8 Å². The van der Waals surface area contributed by atoms with E-state index < -0.39 is 5.54 Å². The highest BCUT2D eigenvalue weighted by molar-refractivity contribution is 5.80. The van der Waals surface area contributed by atoms with E-state index in [9.17, 15) is 4.79 Å². The van der Waals surface area contributed by atoms with E-state index in [1.54, 1.807) is 6.20 Å². The summed E-state index contributed by atoms with van der Waals surface area (Å²) in [6.45, 7) is 2.43. The Morgan fingerprint density at radius 2 is 2.08 bits per heavy atom. The van der Waals surface area contributed by atoms with Crippen molar-refractivity contribution in [3.8, 4) is 11.6 Å². The molecule has 0 saturated heterocycles. The van der Waals surface area contributed by atoms with Gasteiger partial charge in [-0.15, -0.1) is 0 Å². The number of ether oxygens (including phenoxy) is 1. The highest BCUT2D eigenvalue weighted by atomic mass is 16.5. The Hall–Kier alpha value is -2.40. The largest absolute Gasteiger partial charge is 0.439 e. The molecule has 1 fully saturated rings. The lowest BCUT2D eigenvalue weighted by atomic mass is 9.74. The third-order valence-corrected chi connectivity index (χ3v) is 4.80. The van der Waals surface area contributed by atoms with E-state index in [2.05, 4.69) is 10.3 Å². The number of hydrogen-bond donors (Lipinski definition) is 2. The first-order valence-electron chi connectivity index (χ1n) is 8.79. The van der Waals surface area contributed by atoms with Crippen LogP contribution < -0.4 is 15.8 Å². The van der Waals surface area contributed by atoms with Crippen LogP contribution in [0, 0.1) is 5.92 Å². The Labute approximate surface area is 148 Å². The number of para-hydroxylation sites is 1. The van der Waals surface area contributed by atoms with Crippen molar-refractivity contribution in [2.75, 3.05) is 0 Å². The summed E-state index contributed by atoms with van der Waals surface area (Å²) in [7, 11) is 0. The average molecular weight is 339 g/mol. The van der Waals surface area contributed by atoms with E-state index in [0.29, 0.717) is 12.4 Å². The Morgan fingerprint density at radius 3 is 2.76 bits per heavy atom. The predicted molar refractivity (Wildman–Crippen MR) is 97.2 cm³/mol. The van der Waals surface area contributed by atoms with Crippen molar-refractivity contribution in [1.29, 1.82) is 0 Å². The van der Waals surface area contributed by atoms with Gasteiger partial charge in [0.15, 0.2) is 0 Å². The molecule has 1 heterocycles. The minimum absolute atomic E-state index is 0.0364. The lowest BCUT2D eigenvalue weighted by molar-refractivity contribution is -0.128. The summed E-state index contributed by atoms with van der Waals surface area (Å²) in [6.07, 6.45) is 5.65. The molecule has 2 aromatic rings. The van der Waals surface area contributed by atoms with E-state index in [1.807, 2.05) is 49.4 Å². The smallest absolute Gasteiger partial charge is 0.225 e. The fourth-order valence-corrected chi connectivity index (χ4v) is 3.29. The maximum atomic E-state index is 12.5. The minimum atomic E-state index is -0.409. The Morgan fingerprint density at radius 1 is 1.28 bits per heavy atom. The number of aromatic nitrogens is 1. The predicted octanol–water partition coefficient (Wildman–Crippen LogP) is 3.40. The molecule has 1 aromatic carbocycles. The second kappa shape index (κ2) is 7.66. The van der Waals surface area contributed by atoms with Crippen molar-refractivity contribution in [2.24, 2.45) is 11.7 Å². The highest BCUT2D eigenvalue weighted by Gasteiger charge is 2.37. The quantitative estimate of drug-likeness (QED) is 0.875. The number of carbonyl (C=O) groups is 1. The average Bonchev–Trinajstić information content (AvgIpc) is 2.61. The number of pyridine rings is 1. The molecule has 1 aliphatic rings. The van der Waals surface area contributed by atoms with Gasteiger partial charge >= 0.3 is 0 Å².